The van der Waals surface area contributed by atoms with Gasteiger partial charge in [-0.05, 0) is 19.4 Å². The molecule has 0 aromatic carbocycles. The first-order valence-electron chi connectivity index (χ1n) is 5.10. The molecule has 0 aromatic heterocycles. The van der Waals surface area contributed by atoms with Crippen LogP contribution >= 0.6 is 0 Å². The van der Waals surface area contributed by atoms with Crippen molar-refractivity contribution in [3.05, 3.63) is 0 Å². The molecule has 2 N–H and O–H groups in total. The van der Waals surface area contributed by atoms with E-state index < -0.39 is 0 Å². The van der Waals surface area contributed by atoms with Crippen LogP contribution in [0.1, 0.15) is 40.0 Å². The van der Waals surface area contributed by atoms with Crippen LogP contribution < -0.4 is 10.6 Å². The van der Waals surface area contributed by atoms with E-state index in [2.05, 4.69) is 24.5 Å². The van der Waals surface area contributed by atoms with Gasteiger partial charge in [-0.3, -0.25) is 4.79 Å². The van der Waals surface area contributed by atoms with E-state index in [0.29, 0.717) is 6.04 Å². The molecule has 0 aromatic rings. The van der Waals surface area contributed by atoms with Crippen molar-refractivity contribution < 1.29 is 4.79 Å². The molecule has 78 valence electrons. The third-order valence-electron chi connectivity index (χ3n) is 1.78. The second kappa shape index (κ2) is 8.05. The van der Waals surface area contributed by atoms with Gasteiger partial charge in [0.2, 0.25) is 5.91 Å². The van der Waals surface area contributed by atoms with Crippen molar-refractivity contribution in [1.82, 2.24) is 10.6 Å². The first-order valence-corrected chi connectivity index (χ1v) is 5.10. The lowest BCUT2D eigenvalue weighted by atomic mass is 10.2. The first-order chi connectivity index (χ1) is 6.13. The summed E-state index contributed by atoms with van der Waals surface area (Å²) in [6.45, 7) is 7.75. The molecule has 0 bridgehead atoms. The minimum atomic E-state index is 0.0697. The molecule has 0 spiro atoms. The van der Waals surface area contributed by atoms with E-state index in [4.69, 9.17) is 0 Å². The molecular weight excluding hydrogens is 164 g/mol. The summed E-state index contributed by atoms with van der Waals surface area (Å²) in [7, 11) is 0. The van der Waals surface area contributed by atoms with Crippen LogP contribution in [0.2, 0.25) is 0 Å². The molecular formula is C10H22N2O. The van der Waals surface area contributed by atoms with Crippen LogP contribution in [0.5, 0.6) is 0 Å². The molecule has 0 unspecified atom stereocenters. The molecule has 0 rings (SSSR count). The number of rotatable bonds is 7. The Bertz CT molecular complexity index is 135. The lowest BCUT2D eigenvalue weighted by Crippen LogP contribution is -2.24. The lowest BCUT2D eigenvalue weighted by Gasteiger charge is -2.07. The van der Waals surface area contributed by atoms with Gasteiger partial charge in [0.1, 0.15) is 0 Å². The van der Waals surface area contributed by atoms with Crippen LogP contribution in [0.3, 0.4) is 0 Å². The van der Waals surface area contributed by atoms with Gasteiger partial charge in [-0.2, -0.15) is 0 Å². The van der Waals surface area contributed by atoms with E-state index in [1.807, 2.05) is 0 Å². The number of amides is 1. The van der Waals surface area contributed by atoms with E-state index in [-0.39, 0.29) is 5.91 Å². The standard InChI is InChI=1S/C10H22N2O/c1-9(2)11-7-5-4-6-8-12-10(3)13/h9,11H,4-8H2,1-3H3,(H,12,13). The maximum Gasteiger partial charge on any atom is 0.216 e. The number of unbranched alkanes of at least 4 members (excludes halogenated alkanes) is 2. The highest BCUT2D eigenvalue weighted by Gasteiger charge is 1.93. The van der Waals surface area contributed by atoms with Crippen LogP contribution in [-0.2, 0) is 4.79 Å². The summed E-state index contributed by atoms with van der Waals surface area (Å²) < 4.78 is 0. The SMILES string of the molecule is CC(=O)NCCCCCNC(C)C. The van der Waals surface area contributed by atoms with Crippen molar-refractivity contribution in [1.29, 1.82) is 0 Å². The molecule has 3 nitrogen and oxygen atoms in total. The molecule has 0 radical (unpaired) electrons. The van der Waals surface area contributed by atoms with Crippen LogP contribution in [0, 0.1) is 0 Å². The van der Waals surface area contributed by atoms with Crippen LogP contribution in [0.25, 0.3) is 0 Å². The number of hydrogen-bond donors (Lipinski definition) is 2. The molecule has 0 heterocycles. The Kier molecular flexibility index (Phi) is 7.69. The van der Waals surface area contributed by atoms with Gasteiger partial charge in [-0.1, -0.05) is 20.3 Å². The van der Waals surface area contributed by atoms with Crippen molar-refractivity contribution in [2.75, 3.05) is 13.1 Å². The van der Waals surface area contributed by atoms with Crippen molar-refractivity contribution >= 4 is 5.91 Å². The lowest BCUT2D eigenvalue weighted by molar-refractivity contribution is -0.118. The maximum atomic E-state index is 10.5. The van der Waals surface area contributed by atoms with Crippen LogP contribution in [-0.4, -0.2) is 25.0 Å². The van der Waals surface area contributed by atoms with Crippen LogP contribution in [0.15, 0.2) is 0 Å². The normalized spacial score (nSPS) is 10.5. The molecule has 1 amide bonds. The minimum Gasteiger partial charge on any atom is -0.356 e. The molecule has 0 aliphatic rings. The zero-order valence-electron chi connectivity index (χ0n) is 9.02. The molecule has 0 saturated heterocycles. The first kappa shape index (κ1) is 12.4. The van der Waals surface area contributed by atoms with E-state index in [1.54, 1.807) is 6.92 Å². The van der Waals surface area contributed by atoms with Crippen molar-refractivity contribution in [2.24, 2.45) is 0 Å². The van der Waals surface area contributed by atoms with E-state index in [1.165, 1.54) is 12.8 Å². The van der Waals surface area contributed by atoms with Gasteiger partial charge in [-0.15, -0.1) is 0 Å². The van der Waals surface area contributed by atoms with Gasteiger partial charge in [0.25, 0.3) is 0 Å². The molecule has 0 aliphatic heterocycles. The van der Waals surface area contributed by atoms with Crippen molar-refractivity contribution in [3.8, 4) is 0 Å². The number of carbonyl (C=O) groups is 1. The number of nitrogens with one attached hydrogen (secondary N) is 2. The van der Waals surface area contributed by atoms with Crippen molar-refractivity contribution in [3.63, 3.8) is 0 Å². The Hall–Kier alpha value is -0.570. The Balaban J connectivity index is 2.96. The highest BCUT2D eigenvalue weighted by atomic mass is 16.1. The molecule has 13 heavy (non-hydrogen) atoms. The van der Waals surface area contributed by atoms with E-state index >= 15 is 0 Å². The zero-order chi connectivity index (χ0) is 10.1. The highest BCUT2D eigenvalue weighted by Crippen LogP contribution is 1.92. The summed E-state index contributed by atoms with van der Waals surface area (Å²) in [5.41, 5.74) is 0. The second-order valence-corrected chi connectivity index (χ2v) is 3.65. The summed E-state index contributed by atoms with van der Waals surface area (Å²) in [6.07, 6.45) is 3.46. The fraction of sp³-hybridized carbons (Fsp3) is 0.900. The molecule has 0 aliphatic carbocycles. The van der Waals surface area contributed by atoms with Gasteiger partial charge >= 0.3 is 0 Å². The smallest absolute Gasteiger partial charge is 0.216 e. The summed E-state index contributed by atoms with van der Waals surface area (Å²) in [5.74, 6) is 0.0697. The Morgan fingerprint density at radius 1 is 1.15 bits per heavy atom. The highest BCUT2D eigenvalue weighted by molar-refractivity contribution is 5.72. The summed E-state index contributed by atoms with van der Waals surface area (Å²) in [4.78, 5) is 10.5. The molecule has 0 saturated carbocycles. The quantitative estimate of drug-likeness (QED) is 0.588. The fourth-order valence-electron chi connectivity index (χ4n) is 1.08. The number of carbonyl (C=O) groups excluding carboxylic acids is 1. The van der Waals surface area contributed by atoms with E-state index in [9.17, 15) is 4.79 Å². The largest absolute Gasteiger partial charge is 0.356 e. The second-order valence-electron chi connectivity index (χ2n) is 3.65. The Morgan fingerprint density at radius 3 is 2.31 bits per heavy atom. The zero-order valence-corrected chi connectivity index (χ0v) is 9.02. The van der Waals surface area contributed by atoms with Gasteiger partial charge in [-0.25, -0.2) is 0 Å². The maximum absolute atomic E-state index is 10.5. The monoisotopic (exact) mass is 186 g/mol. The summed E-state index contributed by atoms with van der Waals surface area (Å²) >= 11 is 0. The molecule has 0 atom stereocenters. The predicted molar refractivity (Wildman–Crippen MR) is 55.7 cm³/mol. The van der Waals surface area contributed by atoms with E-state index in [0.717, 1.165) is 19.5 Å². The molecule has 3 heteroatoms. The summed E-state index contributed by atoms with van der Waals surface area (Å²) in [6, 6.07) is 0.579. The average molecular weight is 186 g/mol. The van der Waals surface area contributed by atoms with Gasteiger partial charge in [0.15, 0.2) is 0 Å². The Morgan fingerprint density at radius 2 is 1.77 bits per heavy atom. The topological polar surface area (TPSA) is 41.1 Å². The van der Waals surface area contributed by atoms with Gasteiger partial charge < -0.3 is 10.6 Å². The van der Waals surface area contributed by atoms with Gasteiger partial charge in [0.05, 0.1) is 0 Å². The Labute approximate surface area is 81.3 Å². The third kappa shape index (κ3) is 11.4. The van der Waals surface area contributed by atoms with Gasteiger partial charge in [0, 0.05) is 19.5 Å². The summed E-state index contributed by atoms with van der Waals surface area (Å²) in [5, 5.41) is 6.14. The number of hydrogen-bond acceptors (Lipinski definition) is 2. The van der Waals surface area contributed by atoms with Crippen LogP contribution in [0.4, 0.5) is 0 Å². The predicted octanol–water partition coefficient (Wildman–Crippen LogP) is 1.29. The van der Waals surface area contributed by atoms with Crippen molar-refractivity contribution in [2.45, 2.75) is 46.1 Å². The average Bonchev–Trinajstić information content (AvgIpc) is 2.01. The molecule has 0 fully saturated rings. The fourth-order valence-corrected chi connectivity index (χ4v) is 1.08. The minimum absolute atomic E-state index is 0.0697. The third-order valence-corrected chi connectivity index (χ3v) is 1.78.